The van der Waals surface area contributed by atoms with Crippen LogP contribution in [0.15, 0.2) is 24.3 Å². The van der Waals surface area contributed by atoms with E-state index in [1.807, 2.05) is 26.8 Å². The third-order valence-corrected chi connectivity index (χ3v) is 5.39. The summed E-state index contributed by atoms with van der Waals surface area (Å²) in [5.74, 6) is 2.94. The van der Waals surface area contributed by atoms with Gasteiger partial charge in [-0.05, 0) is 82.5 Å². The summed E-state index contributed by atoms with van der Waals surface area (Å²) in [5, 5.41) is 2.95. The van der Waals surface area contributed by atoms with E-state index in [1.54, 1.807) is 6.08 Å². The van der Waals surface area contributed by atoms with Gasteiger partial charge in [0.2, 0.25) is 5.91 Å². The number of allylic oxidation sites excluding steroid dienone is 3. The summed E-state index contributed by atoms with van der Waals surface area (Å²) in [6, 6.07) is 0. The van der Waals surface area contributed by atoms with E-state index in [1.165, 1.54) is 38.5 Å². The Balaban J connectivity index is 1.58. The fourth-order valence-corrected chi connectivity index (χ4v) is 5.20. The highest BCUT2D eigenvalue weighted by Crippen LogP contribution is 2.60. The molecule has 4 bridgehead atoms. The molecule has 0 atom stereocenters. The molecule has 116 valence electrons. The molecule has 0 unspecified atom stereocenters. The van der Waals surface area contributed by atoms with Crippen molar-refractivity contribution in [2.75, 3.05) is 0 Å². The Morgan fingerprint density at radius 3 is 2.00 bits per heavy atom. The SMILES string of the molecule is CC(C)(C)NC(=O)/C=C/C=C/C12CC3CC(CC(C3)C1)C2. The van der Waals surface area contributed by atoms with Gasteiger partial charge in [0.15, 0.2) is 0 Å². The fourth-order valence-electron chi connectivity index (χ4n) is 5.20. The molecule has 0 aromatic heterocycles. The van der Waals surface area contributed by atoms with Crippen LogP contribution in [-0.4, -0.2) is 11.4 Å². The Bertz CT molecular complexity index is 431. The van der Waals surface area contributed by atoms with Crippen LogP contribution in [0.1, 0.15) is 59.3 Å². The van der Waals surface area contributed by atoms with Crippen molar-refractivity contribution in [2.45, 2.75) is 64.8 Å². The molecule has 0 spiro atoms. The van der Waals surface area contributed by atoms with Gasteiger partial charge >= 0.3 is 0 Å². The van der Waals surface area contributed by atoms with Crippen LogP contribution in [0.3, 0.4) is 0 Å². The van der Waals surface area contributed by atoms with Crippen molar-refractivity contribution < 1.29 is 4.79 Å². The van der Waals surface area contributed by atoms with Crippen LogP contribution in [0.2, 0.25) is 0 Å². The van der Waals surface area contributed by atoms with Crippen molar-refractivity contribution in [3.8, 4) is 0 Å². The first-order valence-corrected chi connectivity index (χ1v) is 8.52. The van der Waals surface area contributed by atoms with E-state index in [0.717, 1.165) is 17.8 Å². The van der Waals surface area contributed by atoms with Crippen molar-refractivity contribution in [3.63, 3.8) is 0 Å². The summed E-state index contributed by atoms with van der Waals surface area (Å²) in [5.41, 5.74) is 0.296. The molecule has 4 saturated carbocycles. The van der Waals surface area contributed by atoms with Gasteiger partial charge in [0.05, 0.1) is 0 Å². The van der Waals surface area contributed by atoms with Crippen LogP contribution in [0.4, 0.5) is 0 Å². The third-order valence-electron chi connectivity index (χ3n) is 5.39. The highest BCUT2D eigenvalue weighted by Gasteiger charge is 2.49. The van der Waals surface area contributed by atoms with Crippen LogP contribution in [-0.2, 0) is 4.79 Å². The molecule has 0 aliphatic heterocycles. The van der Waals surface area contributed by atoms with E-state index in [-0.39, 0.29) is 11.4 Å². The van der Waals surface area contributed by atoms with Gasteiger partial charge in [0, 0.05) is 11.6 Å². The van der Waals surface area contributed by atoms with E-state index in [0.29, 0.717) is 5.41 Å². The van der Waals surface area contributed by atoms with Crippen molar-refractivity contribution in [3.05, 3.63) is 24.3 Å². The number of nitrogens with one attached hydrogen (secondary N) is 1. The minimum Gasteiger partial charge on any atom is -0.348 e. The highest BCUT2D eigenvalue weighted by atomic mass is 16.1. The van der Waals surface area contributed by atoms with Gasteiger partial charge in [-0.15, -0.1) is 0 Å². The number of carbonyl (C=O) groups excluding carboxylic acids is 1. The zero-order valence-corrected chi connectivity index (χ0v) is 13.7. The van der Waals surface area contributed by atoms with E-state index < -0.39 is 0 Å². The maximum atomic E-state index is 11.7. The summed E-state index contributed by atoms with van der Waals surface area (Å²) in [6.07, 6.45) is 16.7. The van der Waals surface area contributed by atoms with Crippen LogP contribution < -0.4 is 5.32 Å². The first-order valence-electron chi connectivity index (χ1n) is 8.52. The highest BCUT2D eigenvalue weighted by molar-refractivity contribution is 5.88. The molecule has 4 aliphatic rings. The average Bonchev–Trinajstić information content (AvgIpc) is 2.31. The molecule has 0 radical (unpaired) electrons. The molecule has 2 nitrogen and oxygen atoms in total. The molecule has 4 aliphatic carbocycles. The summed E-state index contributed by atoms with van der Waals surface area (Å²) >= 11 is 0. The topological polar surface area (TPSA) is 29.1 Å². The lowest BCUT2D eigenvalue weighted by Gasteiger charge is -2.55. The molecule has 21 heavy (non-hydrogen) atoms. The molecule has 1 amide bonds. The predicted octanol–water partition coefficient (Wildman–Crippen LogP) is 4.23. The molecule has 4 rings (SSSR count). The molecule has 0 saturated heterocycles. The van der Waals surface area contributed by atoms with Gasteiger partial charge in [0.25, 0.3) is 0 Å². The standard InChI is InChI=1S/C19H29NO/c1-18(2,3)20-17(21)6-4-5-7-19-11-14-8-15(12-19)10-16(9-14)13-19/h4-7,14-16H,8-13H2,1-3H3,(H,20,21)/b6-4+,7-5+. The van der Waals surface area contributed by atoms with Gasteiger partial charge in [0.1, 0.15) is 0 Å². The Kier molecular flexibility index (Phi) is 3.75. The third kappa shape index (κ3) is 3.59. The number of hydrogen-bond donors (Lipinski definition) is 1. The zero-order chi connectivity index (χ0) is 15.1. The number of hydrogen-bond acceptors (Lipinski definition) is 1. The number of carbonyl (C=O) groups is 1. The van der Waals surface area contributed by atoms with Crippen LogP contribution >= 0.6 is 0 Å². The molecule has 0 aromatic rings. The maximum Gasteiger partial charge on any atom is 0.244 e. The van der Waals surface area contributed by atoms with E-state index in [9.17, 15) is 4.79 Å². The Labute approximate surface area is 129 Å². The van der Waals surface area contributed by atoms with Gasteiger partial charge < -0.3 is 5.32 Å². The molecular weight excluding hydrogens is 258 g/mol. The van der Waals surface area contributed by atoms with E-state index in [4.69, 9.17) is 0 Å². The Hall–Kier alpha value is -1.05. The maximum absolute atomic E-state index is 11.7. The quantitative estimate of drug-likeness (QED) is 0.611. The van der Waals surface area contributed by atoms with Gasteiger partial charge in [-0.3, -0.25) is 4.79 Å². The molecule has 1 N–H and O–H groups in total. The first-order chi connectivity index (χ1) is 9.84. The second-order valence-electron chi connectivity index (χ2n) is 8.74. The first kappa shape index (κ1) is 14.9. The summed E-state index contributed by atoms with van der Waals surface area (Å²) in [6.45, 7) is 6.01. The van der Waals surface area contributed by atoms with Crippen molar-refractivity contribution in [2.24, 2.45) is 23.2 Å². The average molecular weight is 287 g/mol. The van der Waals surface area contributed by atoms with Crippen LogP contribution in [0.25, 0.3) is 0 Å². The van der Waals surface area contributed by atoms with Crippen molar-refractivity contribution >= 4 is 5.91 Å². The second-order valence-corrected chi connectivity index (χ2v) is 8.74. The molecule has 0 heterocycles. The van der Waals surface area contributed by atoms with Gasteiger partial charge in [-0.2, -0.15) is 0 Å². The number of rotatable bonds is 3. The Morgan fingerprint density at radius 2 is 1.52 bits per heavy atom. The van der Waals surface area contributed by atoms with Crippen LogP contribution in [0, 0.1) is 23.2 Å². The van der Waals surface area contributed by atoms with Crippen LogP contribution in [0.5, 0.6) is 0 Å². The minimum atomic E-state index is -0.162. The van der Waals surface area contributed by atoms with Gasteiger partial charge in [-0.25, -0.2) is 0 Å². The van der Waals surface area contributed by atoms with E-state index in [2.05, 4.69) is 17.5 Å². The van der Waals surface area contributed by atoms with Crippen molar-refractivity contribution in [1.82, 2.24) is 5.32 Å². The normalized spacial score (nSPS) is 38.5. The number of amides is 1. The molecule has 2 heteroatoms. The smallest absolute Gasteiger partial charge is 0.244 e. The monoisotopic (exact) mass is 287 g/mol. The largest absolute Gasteiger partial charge is 0.348 e. The van der Waals surface area contributed by atoms with E-state index >= 15 is 0 Å². The zero-order valence-electron chi connectivity index (χ0n) is 13.7. The predicted molar refractivity (Wildman–Crippen MR) is 86.8 cm³/mol. The minimum absolute atomic E-state index is 0.00216. The second kappa shape index (κ2) is 5.30. The molecule has 4 fully saturated rings. The lowest BCUT2D eigenvalue weighted by Crippen LogP contribution is -2.44. The van der Waals surface area contributed by atoms with Gasteiger partial charge in [-0.1, -0.05) is 18.2 Å². The lowest BCUT2D eigenvalue weighted by molar-refractivity contribution is -0.117. The summed E-state index contributed by atoms with van der Waals surface area (Å²) in [4.78, 5) is 11.7. The summed E-state index contributed by atoms with van der Waals surface area (Å²) < 4.78 is 0. The molecular formula is C19H29NO. The van der Waals surface area contributed by atoms with Crippen molar-refractivity contribution in [1.29, 1.82) is 0 Å². The fraction of sp³-hybridized carbons (Fsp3) is 0.737. The molecule has 0 aromatic carbocycles. The summed E-state index contributed by atoms with van der Waals surface area (Å²) in [7, 11) is 0. The lowest BCUT2D eigenvalue weighted by atomic mass is 9.49. The Morgan fingerprint density at radius 1 is 1.00 bits per heavy atom.